The molecule has 0 atom stereocenters. The smallest absolute Gasteiger partial charge is 0.152 e. The summed E-state index contributed by atoms with van der Waals surface area (Å²) >= 11 is 0. The van der Waals surface area contributed by atoms with Gasteiger partial charge in [-0.1, -0.05) is 26.0 Å². The van der Waals surface area contributed by atoms with Gasteiger partial charge in [0.1, 0.15) is 11.5 Å². The zero-order valence-corrected chi connectivity index (χ0v) is 18.2. The molecule has 0 spiro atoms. The molecule has 0 aliphatic rings. The Morgan fingerprint density at radius 1 is 1.06 bits per heavy atom. The molecule has 0 radical (unpaired) electrons. The average Bonchev–Trinajstić information content (AvgIpc) is 3.24. The Hall–Kier alpha value is -3.65. The normalized spacial score (nSPS) is 11.2. The molecule has 164 valence electrons. The topological polar surface area (TPSA) is 88.8 Å². The zero-order valence-electron chi connectivity index (χ0n) is 18.2. The van der Waals surface area contributed by atoms with Crippen molar-refractivity contribution < 1.29 is 9.50 Å². The fourth-order valence-electron chi connectivity index (χ4n) is 3.44. The molecule has 32 heavy (non-hydrogen) atoms. The van der Waals surface area contributed by atoms with Gasteiger partial charge in [0.2, 0.25) is 0 Å². The molecular formula is C24H25FN6O. The van der Waals surface area contributed by atoms with Gasteiger partial charge < -0.3 is 15.0 Å². The maximum atomic E-state index is 13.1. The number of rotatable bonds is 7. The highest BCUT2D eigenvalue weighted by Gasteiger charge is 2.15. The van der Waals surface area contributed by atoms with E-state index in [1.54, 1.807) is 18.5 Å². The Bertz CT molecular complexity index is 1220. The molecule has 0 unspecified atom stereocenters. The predicted molar refractivity (Wildman–Crippen MR) is 121 cm³/mol. The Morgan fingerprint density at radius 2 is 1.84 bits per heavy atom. The molecule has 2 N–H and O–H groups in total. The highest BCUT2D eigenvalue weighted by atomic mass is 19.1. The summed E-state index contributed by atoms with van der Waals surface area (Å²) in [5.41, 5.74) is 5.40. The van der Waals surface area contributed by atoms with Crippen LogP contribution < -0.4 is 5.32 Å². The number of anilines is 1. The Morgan fingerprint density at radius 3 is 2.50 bits per heavy atom. The van der Waals surface area contributed by atoms with Gasteiger partial charge in [0.05, 0.1) is 35.7 Å². The van der Waals surface area contributed by atoms with Crippen LogP contribution in [-0.2, 0) is 13.2 Å². The fraction of sp³-hybridized carbons (Fsp3) is 0.250. The number of benzene rings is 1. The van der Waals surface area contributed by atoms with E-state index in [0.717, 1.165) is 22.5 Å². The van der Waals surface area contributed by atoms with Crippen LogP contribution in [0.5, 0.6) is 0 Å². The van der Waals surface area contributed by atoms with E-state index in [1.807, 2.05) is 35.9 Å². The number of aliphatic hydroxyl groups is 1. The van der Waals surface area contributed by atoms with Crippen molar-refractivity contribution in [2.45, 2.75) is 39.8 Å². The van der Waals surface area contributed by atoms with E-state index >= 15 is 0 Å². The molecule has 8 heteroatoms. The number of aliphatic hydroxyl groups excluding tert-OH is 1. The van der Waals surface area contributed by atoms with E-state index in [0.29, 0.717) is 29.4 Å². The van der Waals surface area contributed by atoms with Crippen LogP contribution >= 0.6 is 0 Å². The second kappa shape index (κ2) is 9.23. The number of imidazole rings is 1. The van der Waals surface area contributed by atoms with Crippen LogP contribution in [0.3, 0.4) is 0 Å². The average molecular weight is 433 g/mol. The largest absolute Gasteiger partial charge is 0.390 e. The van der Waals surface area contributed by atoms with Crippen molar-refractivity contribution in [3.63, 3.8) is 0 Å². The van der Waals surface area contributed by atoms with Crippen LogP contribution in [0.1, 0.15) is 42.3 Å². The molecule has 0 bridgehead atoms. The third kappa shape index (κ3) is 4.65. The van der Waals surface area contributed by atoms with Gasteiger partial charge in [-0.15, -0.1) is 10.2 Å². The summed E-state index contributed by atoms with van der Waals surface area (Å²) < 4.78 is 15.0. The lowest BCUT2D eigenvalue weighted by molar-refractivity contribution is 0.276. The molecule has 4 rings (SSSR count). The molecule has 0 aliphatic carbocycles. The van der Waals surface area contributed by atoms with E-state index in [2.05, 4.69) is 39.3 Å². The van der Waals surface area contributed by atoms with Crippen molar-refractivity contribution >= 4 is 5.82 Å². The summed E-state index contributed by atoms with van der Waals surface area (Å²) in [6.45, 7) is 6.38. The minimum absolute atomic E-state index is 0.200. The van der Waals surface area contributed by atoms with Crippen LogP contribution in [-0.4, -0.2) is 29.8 Å². The first-order valence-electron chi connectivity index (χ1n) is 10.4. The first-order chi connectivity index (χ1) is 15.4. The van der Waals surface area contributed by atoms with Gasteiger partial charge >= 0.3 is 0 Å². The summed E-state index contributed by atoms with van der Waals surface area (Å²) in [6.07, 6.45) is 3.58. The number of hydrogen-bond donors (Lipinski definition) is 2. The second-order valence-corrected chi connectivity index (χ2v) is 7.91. The van der Waals surface area contributed by atoms with E-state index in [4.69, 9.17) is 0 Å². The van der Waals surface area contributed by atoms with Crippen LogP contribution in [0.2, 0.25) is 0 Å². The standard InChI is InChI=1S/C24H25FN6O/c1-15(2)19-10-21(29-30-24(19)26-11-17-4-6-18(25)7-5-17)20-8-9-23(22(13-32)28-20)31-12-16(3)27-14-31/h4-10,12,14-15,32H,11,13H2,1-3H3,(H,26,30). The SMILES string of the molecule is Cc1cn(-c2ccc(-c3cc(C(C)C)c(NCc4ccc(F)cc4)nn3)nc2CO)cn1. The van der Waals surface area contributed by atoms with Crippen molar-refractivity contribution in [2.24, 2.45) is 0 Å². The summed E-state index contributed by atoms with van der Waals surface area (Å²) in [7, 11) is 0. The minimum atomic E-state index is -0.260. The third-order valence-corrected chi connectivity index (χ3v) is 5.17. The van der Waals surface area contributed by atoms with Crippen molar-refractivity contribution in [3.05, 3.63) is 83.3 Å². The highest BCUT2D eigenvalue weighted by molar-refractivity contribution is 5.60. The minimum Gasteiger partial charge on any atom is -0.390 e. The lowest BCUT2D eigenvalue weighted by atomic mass is 10.0. The molecule has 0 saturated carbocycles. The van der Waals surface area contributed by atoms with Gasteiger partial charge in [0.25, 0.3) is 0 Å². The monoisotopic (exact) mass is 432 g/mol. The summed E-state index contributed by atoms with van der Waals surface area (Å²) in [5.74, 6) is 0.621. The molecule has 0 aliphatic heterocycles. The molecule has 3 aromatic heterocycles. The van der Waals surface area contributed by atoms with Crippen molar-refractivity contribution in [3.8, 4) is 17.1 Å². The van der Waals surface area contributed by atoms with Crippen LogP contribution in [0.25, 0.3) is 17.1 Å². The predicted octanol–water partition coefficient (Wildman–Crippen LogP) is 4.40. The molecule has 0 saturated heterocycles. The third-order valence-electron chi connectivity index (χ3n) is 5.17. The number of halogens is 1. The number of nitrogens with one attached hydrogen (secondary N) is 1. The first-order valence-corrected chi connectivity index (χ1v) is 10.4. The van der Waals surface area contributed by atoms with Crippen LogP contribution in [0.15, 0.2) is 55.0 Å². The van der Waals surface area contributed by atoms with Crippen LogP contribution in [0.4, 0.5) is 10.2 Å². The van der Waals surface area contributed by atoms with E-state index < -0.39 is 0 Å². The number of nitrogens with zero attached hydrogens (tertiary/aromatic N) is 5. The molecule has 4 aromatic rings. The van der Waals surface area contributed by atoms with E-state index in [-0.39, 0.29) is 18.3 Å². The fourth-order valence-corrected chi connectivity index (χ4v) is 3.44. The van der Waals surface area contributed by atoms with Gasteiger partial charge in [-0.2, -0.15) is 0 Å². The Labute approximate surface area is 186 Å². The van der Waals surface area contributed by atoms with Gasteiger partial charge in [0.15, 0.2) is 5.82 Å². The highest BCUT2D eigenvalue weighted by Crippen LogP contribution is 2.27. The second-order valence-electron chi connectivity index (χ2n) is 7.91. The molecule has 0 fully saturated rings. The summed E-state index contributed by atoms with van der Waals surface area (Å²) in [5, 5.41) is 21.9. The number of hydrogen-bond acceptors (Lipinski definition) is 6. The molecule has 0 amide bonds. The number of aromatic nitrogens is 5. The van der Waals surface area contributed by atoms with Crippen molar-refractivity contribution in [1.82, 2.24) is 24.7 Å². The number of pyridine rings is 1. The van der Waals surface area contributed by atoms with Gasteiger partial charge in [-0.3, -0.25) is 0 Å². The van der Waals surface area contributed by atoms with E-state index in [9.17, 15) is 9.50 Å². The number of aryl methyl sites for hydroxylation is 1. The zero-order chi connectivity index (χ0) is 22.7. The van der Waals surface area contributed by atoms with Gasteiger partial charge in [0, 0.05) is 18.3 Å². The first kappa shape index (κ1) is 21.6. The quantitative estimate of drug-likeness (QED) is 0.450. The van der Waals surface area contributed by atoms with Gasteiger partial charge in [-0.25, -0.2) is 14.4 Å². The Balaban J connectivity index is 1.62. The maximum Gasteiger partial charge on any atom is 0.152 e. The lowest BCUT2D eigenvalue weighted by Gasteiger charge is -2.15. The van der Waals surface area contributed by atoms with Crippen LogP contribution in [0, 0.1) is 12.7 Å². The van der Waals surface area contributed by atoms with E-state index in [1.165, 1.54) is 12.1 Å². The Kier molecular flexibility index (Phi) is 6.23. The van der Waals surface area contributed by atoms with Crippen molar-refractivity contribution in [1.29, 1.82) is 0 Å². The summed E-state index contributed by atoms with van der Waals surface area (Å²) in [6, 6.07) is 12.1. The maximum absolute atomic E-state index is 13.1. The molecular weight excluding hydrogens is 407 g/mol. The summed E-state index contributed by atoms with van der Waals surface area (Å²) in [4.78, 5) is 8.86. The van der Waals surface area contributed by atoms with Crippen molar-refractivity contribution in [2.75, 3.05) is 5.32 Å². The lowest BCUT2D eigenvalue weighted by Crippen LogP contribution is -2.08. The molecule has 1 aromatic carbocycles. The van der Waals surface area contributed by atoms with Gasteiger partial charge in [-0.05, 0) is 48.7 Å². The molecule has 7 nitrogen and oxygen atoms in total. The molecule has 3 heterocycles.